The smallest absolute Gasteiger partial charge is 0.272 e. The first-order valence-corrected chi connectivity index (χ1v) is 7.87. The summed E-state index contributed by atoms with van der Waals surface area (Å²) in [5.41, 5.74) is 0.348. The van der Waals surface area contributed by atoms with Crippen molar-refractivity contribution in [3.63, 3.8) is 0 Å². The summed E-state index contributed by atoms with van der Waals surface area (Å²) in [4.78, 5) is 25.0. The number of H-pyrrole nitrogens is 1. The fourth-order valence-electron chi connectivity index (χ4n) is 2.30. The molecule has 0 unspecified atom stereocenters. The lowest BCUT2D eigenvalue weighted by Crippen LogP contribution is -2.28. The van der Waals surface area contributed by atoms with Crippen molar-refractivity contribution in [2.24, 2.45) is 0 Å². The molecule has 0 spiro atoms. The van der Waals surface area contributed by atoms with E-state index < -0.39 is 0 Å². The molecule has 0 radical (unpaired) electrons. The molecule has 0 saturated heterocycles. The minimum Gasteiger partial charge on any atom is -0.355 e. The fourth-order valence-corrected chi connectivity index (χ4v) is 3.01. The fraction of sp³-hybridized carbons (Fsp3) is 0.188. The number of thiophene rings is 1. The van der Waals surface area contributed by atoms with Gasteiger partial charge in [0.25, 0.3) is 5.56 Å². The molecule has 2 aromatic heterocycles. The Labute approximate surface area is 131 Å². The third-order valence-electron chi connectivity index (χ3n) is 3.38. The molecule has 0 aliphatic rings. The van der Waals surface area contributed by atoms with Crippen molar-refractivity contribution in [2.75, 3.05) is 6.54 Å². The molecule has 5 nitrogen and oxygen atoms in total. The first-order valence-electron chi connectivity index (χ1n) is 6.99. The zero-order valence-corrected chi connectivity index (χ0v) is 12.7. The van der Waals surface area contributed by atoms with Crippen LogP contribution in [0.4, 0.5) is 0 Å². The molecule has 0 bridgehead atoms. The summed E-state index contributed by atoms with van der Waals surface area (Å²) in [5.74, 6) is -0.0961. The minimum atomic E-state index is -0.238. The van der Waals surface area contributed by atoms with Crippen LogP contribution in [0.25, 0.3) is 10.8 Å². The maximum atomic E-state index is 12.0. The Balaban J connectivity index is 1.66. The number of nitrogens with one attached hydrogen (secondary N) is 2. The van der Waals surface area contributed by atoms with Gasteiger partial charge in [0.2, 0.25) is 5.91 Å². The normalized spacial score (nSPS) is 10.7. The first kappa shape index (κ1) is 14.5. The minimum absolute atomic E-state index is 0.0961. The van der Waals surface area contributed by atoms with Gasteiger partial charge in [-0.2, -0.15) is 5.10 Å². The van der Waals surface area contributed by atoms with Crippen LogP contribution < -0.4 is 10.9 Å². The van der Waals surface area contributed by atoms with Crippen molar-refractivity contribution >= 4 is 28.0 Å². The number of fused-ring (bicyclic) bond motifs is 1. The lowest BCUT2D eigenvalue weighted by molar-refractivity contribution is -0.120. The Morgan fingerprint density at radius 2 is 2.00 bits per heavy atom. The number of benzene rings is 1. The van der Waals surface area contributed by atoms with E-state index in [1.165, 1.54) is 4.88 Å². The molecular weight excluding hydrogens is 298 g/mol. The topological polar surface area (TPSA) is 74.8 Å². The average Bonchev–Trinajstić information content (AvgIpc) is 3.04. The van der Waals surface area contributed by atoms with Gasteiger partial charge in [-0.05, 0) is 23.9 Å². The molecular formula is C16H15N3O2S. The van der Waals surface area contributed by atoms with E-state index in [0.29, 0.717) is 17.6 Å². The van der Waals surface area contributed by atoms with Crippen molar-refractivity contribution in [2.45, 2.75) is 12.8 Å². The second kappa shape index (κ2) is 6.53. The second-order valence-corrected chi connectivity index (χ2v) is 5.93. The molecule has 112 valence electrons. The van der Waals surface area contributed by atoms with Crippen LogP contribution in [-0.2, 0) is 17.6 Å². The standard InChI is InChI=1S/C16H15N3O2S/c20-15(17-8-7-11-4-3-9-22-11)10-14-12-5-1-2-6-13(12)16(21)19-18-14/h1-6,9H,7-8,10H2,(H,17,20)(H,19,21). The van der Waals surface area contributed by atoms with Crippen LogP contribution in [0, 0.1) is 0 Å². The molecule has 0 aliphatic heterocycles. The lowest BCUT2D eigenvalue weighted by atomic mass is 10.1. The van der Waals surface area contributed by atoms with E-state index in [0.717, 1.165) is 11.8 Å². The molecule has 0 atom stereocenters. The number of amides is 1. The van der Waals surface area contributed by atoms with Crippen LogP contribution in [0.3, 0.4) is 0 Å². The molecule has 3 aromatic rings. The number of rotatable bonds is 5. The van der Waals surface area contributed by atoms with Crippen molar-refractivity contribution < 1.29 is 4.79 Å². The number of hydrogen-bond acceptors (Lipinski definition) is 4. The summed E-state index contributed by atoms with van der Waals surface area (Å²) in [7, 11) is 0. The summed E-state index contributed by atoms with van der Waals surface area (Å²) < 4.78 is 0. The maximum absolute atomic E-state index is 12.0. The van der Waals surface area contributed by atoms with E-state index in [1.807, 2.05) is 29.6 Å². The van der Waals surface area contributed by atoms with Gasteiger partial charge in [0.1, 0.15) is 0 Å². The van der Waals surface area contributed by atoms with Crippen LogP contribution in [0.1, 0.15) is 10.6 Å². The lowest BCUT2D eigenvalue weighted by Gasteiger charge is -2.06. The van der Waals surface area contributed by atoms with Gasteiger partial charge in [-0.3, -0.25) is 9.59 Å². The third kappa shape index (κ3) is 3.23. The van der Waals surface area contributed by atoms with Crippen LogP contribution >= 0.6 is 11.3 Å². The third-order valence-corrected chi connectivity index (χ3v) is 4.31. The van der Waals surface area contributed by atoms with Gasteiger partial charge in [-0.1, -0.05) is 24.3 Å². The van der Waals surface area contributed by atoms with Gasteiger partial charge in [0.05, 0.1) is 17.5 Å². The van der Waals surface area contributed by atoms with Crippen molar-refractivity contribution in [3.05, 3.63) is 62.7 Å². The predicted octanol–water partition coefficient (Wildman–Crippen LogP) is 1.89. The Morgan fingerprint density at radius 3 is 2.77 bits per heavy atom. The van der Waals surface area contributed by atoms with E-state index in [2.05, 4.69) is 15.5 Å². The summed E-state index contributed by atoms with van der Waals surface area (Å²) in [6, 6.07) is 11.2. The predicted molar refractivity (Wildman–Crippen MR) is 87.1 cm³/mol. The van der Waals surface area contributed by atoms with Crippen LogP contribution in [-0.4, -0.2) is 22.6 Å². The van der Waals surface area contributed by atoms with Crippen LogP contribution in [0.2, 0.25) is 0 Å². The van der Waals surface area contributed by atoms with Gasteiger partial charge in [0, 0.05) is 16.8 Å². The molecule has 1 amide bonds. The highest BCUT2D eigenvalue weighted by Gasteiger charge is 2.10. The first-order chi connectivity index (χ1) is 10.7. The van der Waals surface area contributed by atoms with Gasteiger partial charge in [-0.25, -0.2) is 5.10 Å². The summed E-state index contributed by atoms with van der Waals surface area (Å²) in [6.07, 6.45) is 0.977. The summed E-state index contributed by atoms with van der Waals surface area (Å²) in [5, 5.41) is 12.6. The number of aromatic amines is 1. The number of aromatic nitrogens is 2. The quantitative estimate of drug-likeness (QED) is 0.755. The Hall–Kier alpha value is -2.47. The molecule has 0 fully saturated rings. The van der Waals surface area contributed by atoms with Crippen molar-refractivity contribution in [1.82, 2.24) is 15.5 Å². The van der Waals surface area contributed by atoms with E-state index in [1.54, 1.807) is 23.5 Å². The van der Waals surface area contributed by atoms with Gasteiger partial charge < -0.3 is 5.32 Å². The van der Waals surface area contributed by atoms with Crippen molar-refractivity contribution in [3.8, 4) is 0 Å². The second-order valence-electron chi connectivity index (χ2n) is 4.90. The number of nitrogens with zero attached hydrogens (tertiary/aromatic N) is 1. The van der Waals surface area contributed by atoms with Gasteiger partial charge >= 0.3 is 0 Å². The molecule has 2 N–H and O–H groups in total. The monoisotopic (exact) mass is 313 g/mol. The number of hydrogen-bond donors (Lipinski definition) is 2. The highest BCUT2D eigenvalue weighted by atomic mass is 32.1. The van der Waals surface area contributed by atoms with Gasteiger partial charge in [-0.15, -0.1) is 11.3 Å². The Morgan fingerprint density at radius 1 is 1.18 bits per heavy atom. The van der Waals surface area contributed by atoms with Crippen molar-refractivity contribution in [1.29, 1.82) is 0 Å². The average molecular weight is 313 g/mol. The molecule has 2 heterocycles. The van der Waals surface area contributed by atoms with Crippen LogP contribution in [0.15, 0.2) is 46.6 Å². The van der Waals surface area contributed by atoms with Gasteiger partial charge in [0.15, 0.2) is 0 Å². The maximum Gasteiger partial charge on any atom is 0.272 e. The molecule has 1 aromatic carbocycles. The number of carbonyl (C=O) groups excluding carboxylic acids is 1. The zero-order valence-electron chi connectivity index (χ0n) is 11.8. The molecule has 0 saturated carbocycles. The van der Waals surface area contributed by atoms with E-state index in [-0.39, 0.29) is 17.9 Å². The highest BCUT2D eigenvalue weighted by molar-refractivity contribution is 7.09. The SMILES string of the molecule is O=C(Cc1n[nH]c(=O)c2ccccc12)NCCc1cccs1. The summed E-state index contributed by atoms with van der Waals surface area (Å²) in [6.45, 7) is 0.598. The zero-order chi connectivity index (χ0) is 15.4. The molecule has 22 heavy (non-hydrogen) atoms. The molecule has 6 heteroatoms. The van der Waals surface area contributed by atoms with E-state index in [9.17, 15) is 9.59 Å². The summed E-state index contributed by atoms with van der Waals surface area (Å²) >= 11 is 1.68. The molecule has 3 rings (SSSR count). The Kier molecular flexibility index (Phi) is 4.29. The van der Waals surface area contributed by atoms with E-state index >= 15 is 0 Å². The van der Waals surface area contributed by atoms with Crippen LogP contribution in [0.5, 0.6) is 0 Å². The number of carbonyl (C=O) groups is 1. The molecule has 0 aliphatic carbocycles. The Bertz CT molecular complexity index is 840. The highest BCUT2D eigenvalue weighted by Crippen LogP contribution is 2.13. The largest absolute Gasteiger partial charge is 0.355 e. The van der Waals surface area contributed by atoms with E-state index in [4.69, 9.17) is 0 Å².